The van der Waals surface area contributed by atoms with E-state index in [-0.39, 0.29) is 12.3 Å². The average Bonchev–Trinajstić information content (AvgIpc) is 2.60. The van der Waals surface area contributed by atoms with Crippen LogP contribution in [0.5, 0.6) is 0 Å². The Kier molecular flexibility index (Phi) is 4.85. The van der Waals surface area contributed by atoms with Gasteiger partial charge in [-0.05, 0) is 23.9 Å². The lowest BCUT2D eigenvalue weighted by molar-refractivity contribution is 0.582. The molecule has 3 aromatic rings. The fraction of sp³-hybridized carbons (Fsp3) is 0.167. The lowest BCUT2D eigenvalue weighted by Crippen LogP contribution is -2.24. The largest absolute Gasteiger partial charge is 0.235 e. The molecule has 4 nitrogen and oxygen atoms in total. The quantitative estimate of drug-likeness (QED) is 0.700. The number of nitrogens with one attached hydrogen (secondary N) is 1. The van der Waals surface area contributed by atoms with Gasteiger partial charge in [0.2, 0.25) is 10.0 Å². The molecule has 0 saturated carbocycles. The van der Waals surface area contributed by atoms with Crippen LogP contribution in [0.1, 0.15) is 12.5 Å². The first-order valence-corrected chi connectivity index (χ1v) is 9.63. The molecule has 0 aliphatic heterocycles. The summed E-state index contributed by atoms with van der Waals surface area (Å²) in [4.78, 5) is 4.45. The molecular formula is C18H17ClN2O2S. The second-order valence-corrected chi connectivity index (χ2v) is 7.89. The average molecular weight is 361 g/mol. The third-order valence-corrected chi connectivity index (χ3v) is 5.45. The molecule has 3 rings (SSSR count). The van der Waals surface area contributed by atoms with Crippen LogP contribution in [0.25, 0.3) is 22.0 Å². The van der Waals surface area contributed by atoms with Gasteiger partial charge in [-0.25, -0.2) is 18.1 Å². The van der Waals surface area contributed by atoms with E-state index in [9.17, 15) is 8.42 Å². The van der Waals surface area contributed by atoms with E-state index in [0.717, 1.165) is 27.6 Å². The monoisotopic (exact) mass is 360 g/mol. The van der Waals surface area contributed by atoms with Crippen molar-refractivity contribution in [2.45, 2.75) is 13.5 Å². The van der Waals surface area contributed by atoms with E-state index in [0.29, 0.717) is 5.15 Å². The van der Waals surface area contributed by atoms with Gasteiger partial charge in [-0.3, -0.25) is 0 Å². The van der Waals surface area contributed by atoms with Crippen LogP contribution in [0.3, 0.4) is 0 Å². The molecule has 0 atom stereocenters. The molecule has 0 saturated heterocycles. The van der Waals surface area contributed by atoms with E-state index in [1.54, 1.807) is 6.92 Å². The van der Waals surface area contributed by atoms with Crippen LogP contribution in [0.15, 0.2) is 54.6 Å². The van der Waals surface area contributed by atoms with Gasteiger partial charge >= 0.3 is 0 Å². The zero-order valence-corrected chi connectivity index (χ0v) is 14.7. The van der Waals surface area contributed by atoms with Crippen molar-refractivity contribution in [2.24, 2.45) is 0 Å². The van der Waals surface area contributed by atoms with Gasteiger partial charge in [0.25, 0.3) is 0 Å². The summed E-state index contributed by atoms with van der Waals surface area (Å²) in [5, 5.41) is 2.43. The number of halogens is 1. The summed E-state index contributed by atoms with van der Waals surface area (Å²) in [5.74, 6) is 0.0740. The predicted octanol–water partition coefficient (Wildman–Crippen LogP) is 3.99. The number of hydrogen-bond acceptors (Lipinski definition) is 3. The molecule has 1 N–H and O–H groups in total. The van der Waals surface area contributed by atoms with Crippen LogP contribution in [-0.4, -0.2) is 19.2 Å². The molecule has 0 bridgehead atoms. The highest BCUT2D eigenvalue weighted by molar-refractivity contribution is 7.89. The van der Waals surface area contributed by atoms with E-state index in [4.69, 9.17) is 11.6 Å². The van der Waals surface area contributed by atoms with Gasteiger partial charge in [0.05, 0.1) is 11.4 Å². The Morgan fingerprint density at radius 1 is 1.08 bits per heavy atom. The van der Waals surface area contributed by atoms with Gasteiger partial charge in [0, 0.05) is 17.5 Å². The molecule has 0 spiro atoms. The minimum Gasteiger partial charge on any atom is -0.235 e. The van der Waals surface area contributed by atoms with Crippen LogP contribution in [0.2, 0.25) is 5.15 Å². The highest BCUT2D eigenvalue weighted by Gasteiger charge is 2.08. The zero-order chi connectivity index (χ0) is 17.2. The first-order chi connectivity index (χ1) is 11.5. The maximum Gasteiger partial charge on any atom is 0.211 e. The topological polar surface area (TPSA) is 59.1 Å². The van der Waals surface area contributed by atoms with Crippen molar-refractivity contribution in [3.05, 3.63) is 65.3 Å². The molecule has 0 aliphatic carbocycles. The Balaban J connectivity index is 1.86. The van der Waals surface area contributed by atoms with Crippen molar-refractivity contribution in [1.29, 1.82) is 0 Å². The molecule has 0 radical (unpaired) electrons. The number of rotatable bonds is 5. The van der Waals surface area contributed by atoms with E-state index >= 15 is 0 Å². The third kappa shape index (κ3) is 3.75. The number of aromatic nitrogens is 1. The van der Waals surface area contributed by atoms with Crippen molar-refractivity contribution in [1.82, 2.24) is 9.71 Å². The first kappa shape index (κ1) is 16.9. The fourth-order valence-corrected chi connectivity index (χ4v) is 3.25. The van der Waals surface area contributed by atoms with Crippen LogP contribution >= 0.6 is 11.6 Å². The number of hydrogen-bond donors (Lipinski definition) is 1. The summed E-state index contributed by atoms with van der Waals surface area (Å²) in [6.45, 7) is 1.89. The summed E-state index contributed by atoms with van der Waals surface area (Å²) >= 11 is 6.27. The Morgan fingerprint density at radius 3 is 2.50 bits per heavy atom. The third-order valence-electron chi connectivity index (χ3n) is 3.82. The molecule has 6 heteroatoms. The first-order valence-electron chi connectivity index (χ1n) is 7.60. The second-order valence-electron chi connectivity index (χ2n) is 5.44. The summed E-state index contributed by atoms with van der Waals surface area (Å²) in [7, 11) is -3.19. The lowest BCUT2D eigenvalue weighted by Gasteiger charge is -2.08. The van der Waals surface area contributed by atoms with Gasteiger partial charge in [-0.15, -0.1) is 0 Å². The molecule has 0 amide bonds. The van der Waals surface area contributed by atoms with E-state index in [2.05, 4.69) is 9.71 Å². The van der Waals surface area contributed by atoms with Gasteiger partial charge in [0.15, 0.2) is 0 Å². The SMILES string of the molecule is CCS(=O)(=O)NCc1ccc(-c2cc3ccccc3c(Cl)n2)cc1. The van der Waals surface area contributed by atoms with Crippen LogP contribution in [0, 0.1) is 0 Å². The number of fused-ring (bicyclic) bond motifs is 1. The summed E-state index contributed by atoms with van der Waals surface area (Å²) in [5.41, 5.74) is 2.62. The van der Waals surface area contributed by atoms with Crippen LogP contribution in [-0.2, 0) is 16.6 Å². The van der Waals surface area contributed by atoms with Gasteiger partial charge in [-0.2, -0.15) is 0 Å². The standard InChI is InChI=1S/C18H17ClN2O2S/c1-2-24(22,23)20-12-13-7-9-14(10-8-13)17-11-15-5-3-4-6-16(15)18(19)21-17/h3-11,20H,2,12H2,1H3. The molecule has 0 unspecified atom stereocenters. The summed E-state index contributed by atoms with van der Waals surface area (Å²) in [6, 6.07) is 17.4. The Morgan fingerprint density at radius 2 is 1.79 bits per heavy atom. The number of benzene rings is 2. The van der Waals surface area contributed by atoms with Crippen molar-refractivity contribution in [3.63, 3.8) is 0 Å². The second kappa shape index (κ2) is 6.89. The van der Waals surface area contributed by atoms with E-state index in [1.807, 2.05) is 54.6 Å². The molecule has 24 heavy (non-hydrogen) atoms. The molecule has 1 aromatic heterocycles. The van der Waals surface area contributed by atoms with Crippen molar-refractivity contribution < 1.29 is 8.42 Å². The Hall–Kier alpha value is -1.95. The van der Waals surface area contributed by atoms with Gasteiger partial charge in [-0.1, -0.05) is 60.1 Å². The normalized spacial score (nSPS) is 11.8. The minimum atomic E-state index is -3.19. The van der Waals surface area contributed by atoms with E-state index in [1.165, 1.54) is 0 Å². The maximum absolute atomic E-state index is 11.5. The molecular weight excluding hydrogens is 344 g/mol. The molecule has 1 heterocycles. The minimum absolute atomic E-state index is 0.0740. The summed E-state index contributed by atoms with van der Waals surface area (Å²) < 4.78 is 25.5. The van der Waals surface area contributed by atoms with Crippen LogP contribution in [0.4, 0.5) is 0 Å². The van der Waals surface area contributed by atoms with Gasteiger partial charge < -0.3 is 0 Å². The highest BCUT2D eigenvalue weighted by atomic mass is 35.5. The van der Waals surface area contributed by atoms with Crippen molar-refractivity contribution in [2.75, 3.05) is 5.75 Å². The fourth-order valence-electron chi connectivity index (χ4n) is 2.39. The Labute approximate surface area is 146 Å². The number of sulfonamides is 1. The highest BCUT2D eigenvalue weighted by Crippen LogP contribution is 2.27. The maximum atomic E-state index is 11.5. The van der Waals surface area contributed by atoms with Gasteiger partial charge in [0.1, 0.15) is 5.15 Å². The molecule has 124 valence electrons. The number of nitrogens with zero attached hydrogens (tertiary/aromatic N) is 1. The van der Waals surface area contributed by atoms with Crippen LogP contribution < -0.4 is 4.72 Å². The lowest BCUT2D eigenvalue weighted by atomic mass is 10.1. The van der Waals surface area contributed by atoms with Crippen molar-refractivity contribution >= 4 is 32.4 Å². The molecule has 0 aliphatic rings. The number of pyridine rings is 1. The Bertz CT molecular complexity index is 970. The molecule has 0 fully saturated rings. The smallest absolute Gasteiger partial charge is 0.211 e. The summed E-state index contributed by atoms with van der Waals surface area (Å²) in [6.07, 6.45) is 0. The molecule has 2 aromatic carbocycles. The predicted molar refractivity (Wildman–Crippen MR) is 98.5 cm³/mol. The zero-order valence-electron chi connectivity index (χ0n) is 13.2. The van der Waals surface area contributed by atoms with E-state index < -0.39 is 10.0 Å². The van der Waals surface area contributed by atoms with Crippen molar-refractivity contribution in [3.8, 4) is 11.3 Å².